The highest BCUT2D eigenvalue weighted by Crippen LogP contribution is 2.27. The number of nitrogens with zero attached hydrogens (tertiary/aromatic N) is 1. The third-order valence-corrected chi connectivity index (χ3v) is 7.53. The highest BCUT2D eigenvalue weighted by molar-refractivity contribution is 7.89. The maximum atomic E-state index is 12.3. The lowest BCUT2D eigenvalue weighted by atomic mass is 10.0. The number of carbonyl (C=O) groups excluding carboxylic acids is 1. The van der Waals surface area contributed by atoms with E-state index in [1.165, 1.54) is 58.5 Å². The van der Waals surface area contributed by atoms with Crippen LogP contribution in [0.2, 0.25) is 0 Å². The van der Waals surface area contributed by atoms with Crippen molar-refractivity contribution in [3.05, 3.63) is 29.8 Å². The number of carbonyl (C=O) groups is 1. The highest BCUT2D eigenvalue weighted by Gasteiger charge is 2.24. The summed E-state index contributed by atoms with van der Waals surface area (Å²) >= 11 is 0. The average molecular weight is 436 g/mol. The van der Waals surface area contributed by atoms with Crippen LogP contribution in [-0.2, 0) is 14.8 Å². The van der Waals surface area contributed by atoms with Crippen LogP contribution in [0.15, 0.2) is 29.2 Å². The Balaban J connectivity index is 1.52. The fraction of sp³-hybridized carbons (Fsp3) is 0.591. The molecule has 1 saturated carbocycles. The monoisotopic (exact) mass is 435 g/mol. The second-order valence-corrected chi connectivity index (χ2v) is 10.0. The molecule has 0 unspecified atom stereocenters. The van der Waals surface area contributed by atoms with Crippen molar-refractivity contribution < 1.29 is 17.9 Å². The Morgan fingerprint density at radius 2 is 1.90 bits per heavy atom. The molecule has 0 spiro atoms. The minimum absolute atomic E-state index is 0.0460. The van der Waals surface area contributed by atoms with E-state index in [0.717, 1.165) is 31.8 Å². The van der Waals surface area contributed by atoms with Crippen molar-refractivity contribution in [1.29, 1.82) is 0 Å². The molecule has 1 aromatic carbocycles. The van der Waals surface area contributed by atoms with Crippen molar-refractivity contribution in [2.75, 3.05) is 33.8 Å². The second kappa shape index (κ2) is 10.4. The standard InChI is InChI=1S/C22H33N3O4S/c1-23-30(27,28)21-15-17(7-9-20(21)29-2)8-10-22(26)24-19-11-13-25(14-12-19)16-18-5-3-4-6-18/h7-10,15,18-19,23H,3-6,11-14,16H2,1-2H3,(H,24,26)/b10-8+. The van der Waals surface area contributed by atoms with Crippen LogP contribution in [0.1, 0.15) is 44.1 Å². The van der Waals surface area contributed by atoms with Gasteiger partial charge < -0.3 is 15.0 Å². The van der Waals surface area contributed by atoms with Gasteiger partial charge in [0.15, 0.2) is 0 Å². The lowest BCUT2D eigenvalue weighted by molar-refractivity contribution is -0.117. The largest absolute Gasteiger partial charge is 0.495 e. The van der Waals surface area contributed by atoms with E-state index in [-0.39, 0.29) is 22.6 Å². The predicted molar refractivity (Wildman–Crippen MR) is 118 cm³/mol. The maximum Gasteiger partial charge on any atom is 0.244 e. The normalized spacial score (nSPS) is 19.4. The van der Waals surface area contributed by atoms with Gasteiger partial charge in [-0.1, -0.05) is 18.9 Å². The lowest BCUT2D eigenvalue weighted by Gasteiger charge is -2.33. The lowest BCUT2D eigenvalue weighted by Crippen LogP contribution is -2.45. The van der Waals surface area contributed by atoms with Crippen molar-refractivity contribution in [2.24, 2.45) is 5.92 Å². The summed E-state index contributed by atoms with van der Waals surface area (Å²) in [5.74, 6) is 0.966. The molecule has 2 N–H and O–H groups in total. The van der Waals surface area contributed by atoms with Crippen molar-refractivity contribution in [3.8, 4) is 5.75 Å². The third-order valence-electron chi connectivity index (χ3n) is 6.10. The Kier molecular flexibility index (Phi) is 7.91. The van der Waals surface area contributed by atoms with Crippen LogP contribution in [0.5, 0.6) is 5.75 Å². The summed E-state index contributed by atoms with van der Waals surface area (Å²) < 4.78 is 31.8. The smallest absolute Gasteiger partial charge is 0.244 e. The summed E-state index contributed by atoms with van der Waals surface area (Å²) in [7, 11) is -0.879. The molecule has 1 aromatic rings. The van der Waals surface area contributed by atoms with Gasteiger partial charge in [0.2, 0.25) is 15.9 Å². The zero-order valence-corrected chi connectivity index (χ0v) is 18.7. The number of piperidine rings is 1. The Labute approximate surface area is 179 Å². The van der Waals surface area contributed by atoms with Crippen molar-refractivity contribution in [3.63, 3.8) is 0 Å². The first-order valence-corrected chi connectivity index (χ1v) is 12.2. The first kappa shape index (κ1) is 22.8. The van der Waals surface area contributed by atoms with Gasteiger partial charge in [-0.2, -0.15) is 0 Å². The number of amides is 1. The molecule has 2 aliphatic rings. The molecule has 1 amide bonds. The summed E-state index contributed by atoms with van der Waals surface area (Å²) in [6, 6.07) is 4.99. The van der Waals surface area contributed by atoms with Crippen LogP contribution in [0.25, 0.3) is 6.08 Å². The van der Waals surface area contributed by atoms with Crippen LogP contribution >= 0.6 is 0 Å². The minimum Gasteiger partial charge on any atom is -0.495 e. The van der Waals surface area contributed by atoms with Crippen molar-refractivity contribution in [2.45, 2.75) is 49.5 Å². The molecule has 30 heavy (non-hydrogen) atoms. The molecule has 3 rings (SSSR count). The third kappa shape index (κ3) is 6.06. The zero-order chi connectivity index (χ0) is 21.6. The SMILES string of the molecule is CNS(=O)(=O)c1cc(/C=C/C(=O)NC2CCN(CC3CCCC3)CC2)ccc1OC. The maximum absolute atomic E-state index is 12.3. The minimum atomic E-state index is -3.65. The molecule has 0 aromatic heterocycles. The Morgan fingerprint density at radius 1 is 1.20 bits per heavy atom. The Morgan fingerprint density at radius 3 is 2.53 bits per heavy atom. The van der Waals surface area contributed by atoms with E-state index in [4.69, 9.17) is 4.74 Å². The van der Waals surface area contributed by atoms with Gasteiger partial charge in [-0.15, -0.1) is 0 Å². The van der Waals surface area contributed by atoms with Crippen molar-refractivity contribution in [1.82, 2.24) is 14.9 Å². The van der Waals surface area contributed by atoms with Gasteiger partial charge in [-0.3, -0.25) is 4.79 Å². The van der Waals surface area contributed by atoms with Gasteiger partial charge in [-0.05, 0) is 62.4 Å². The molecule has 0 atom stereocenters. The molecule has 1 aliphatic heterocycles. The first-order valence-electron chi connectivity index (χ1n) is 10.7. The van der Waals surface area contributed by atoms with Crippen LogP contribution < -0.4 is 14.8 Å². The second-order valence-electron chi connectivity index (χ2n) is 8.19. The number of likely N-dealkylation sites (tertiary alicyclic amines) is 1. The molecule has 0 bridgehead atoms. The molecule has 8 heteroatoms. The van der Waals surface area contributed by atoms with Gasteiger partial charge in [0.25, 0.3) is 0 Å². The van der Waals surface area contributed by atoms with E-state index < -0.39 is 10.0 Å². The molecular weight excluding hydrogens is 402 g/mol. The van der Waals surface area contributed by atoms with Gasteiger partial charge in [0, 0.05) is 31.8 Å². The first-order chi connectivity index (χ1) is 14.4. The average Bonchev–Trinajstić information content (AvgIpc) is 3.26. The van der Waals surface area contributed by atoms with Gasteiger partial charge in [0.1, 0.15) is 10.6 Å². The Hall–Kier alpha value is -1.90. The highest BCUT2D eigenvalue weighted by atomic mass is 32.2. The number of rotatable bonds is 8. The van der Waals surface area contributed by atoms with Crippen LogP contribution in [0.4, 0.5) is 0 Å². The van der Waals surface area contributed by atoms with Gasteiger partial charge in [-0.25, -0.2) is 13.1 Å². The number of hydrogen-bond donors (Lipinski definition) is 2. The molecule has 2 fully saturated rings. The molecule has 1 saturated heterocycles. The fourth-order valence-electron chi connectivity index (χ4n) is 4.36. The van der Waals surface area contributed by atoms with Gasteiger partial charge >= 0.3 is 0 Å². The molecule has 0 radical (unpaired) electrons. The molecular formula is C22H33N3O4S. The van der Waals surface area contributed by atoms with E-state index in [9.17, 15) is 13.2 Å². The van der Waals surface area contributed by atoms with E-state index in [1.807, 2.05) is 0 Å². The topological polar surface area (TPSA) is 87.7 Å². The molecule has 7 nitrogen and oxygen atoms in total. The number of sulfonamides is 1. The van der Waals surface area contributed by atoms with Crippen LogP contribution in [0.3, 0.4) is 0 Å². The molecule has 1 heterocycles. The summed E-state index contributed by atoms with van der Waals surface area (Å²) in [6.45, 7) is 3.28. The fourth-order valence-corrected chi connectivity index (χ4v) is 5.28. The van der Waals surface area contributed by atoms with Crippen LogP contribution in [-0.4, -0.2) is 59.1 Å². The summed E-state index contributed by atoms with van der Waals surface area (Å²) in [5, 5.41) is 3.07. The summed E-state index contributed by atoms with van der Waals surface area (Å²) in [4.78, 5) is 14.9. The number of ether oxygens (including phenoxy) is 1. The Bertz CT molecular complexity index is 855. The quantitative estimate of drug-likeness (QED) is 0.612. The number of benzene rings is 1. The van der Waals surface area contributed by atoms with E-state index in [2.05, 4.69) is 14.9 Å². The summed E-state index contributed by atoms with van der Waals surface area (Å²) in [6.07, 6.45) is 10.5. The summed E-state index contributed by atoms with van der Waals surface area (Å²) in [5.41, 5.74) is 0.617. The molecule has 166 valence electrons. The predicted octanol–water partition coefficient (Wildman–Crippen LogP) is 2.39. The van der Waals surface area contributed by atoms with Gasteiger partial charge in [0.05, 0.1) is 7.11 Å². The van der Waals surface area contributed by atoms with E-state index in [1.54, 1.807) is 18.2 Å². The zero-order valence-electron chi connectivity index (χ0n) is 17.9. The van der Waals surface area contributed by atoms with E-state index >= 15 is 0 Å². The number of methoxy groups -OCH3 is 1. The molecule has 1 aliphatic carbocycles. The number of nitrogens with one attached hydrogen (secondary N) is 2. The van der Waals surface area contributed by atoms with Crippen LogP contribution in [0, 0.1) is 5.92 Å². The van der Waals surface area contributed by atoms with E-state index in [0.29, 0.717) is 5.56 Å². The van der Waals surface area contributed by atoms with Crippen molar-refractivity contribution >= 4 is 22.0 Å². The number of hydrogen-bond acceptors (Lipinski definition) is 5.